The molecule has 0 atom stereocenters. The maximum absolute atomic E-state index is 5.50. The van der Waals surface area contributed by atoms with Gasteiger partial charge in [0.2, 0.25) is 0 Å². The van der Waals surface area contributed by atoms with E-state index in [1.54, 1.807) is 0 Å². The van der Waals surface area contributed by atoms with E-state index in [0.717, 1.165) is 32.7 Å². The second kappa shape index (κ2) is 8.08. The summed E-state index contributed by atoms with van der Waals surface area (Å²) in [6.07, 6.45) is 1.08. The number of ether oxygens (including phenoxy) is 1. The molecule has 0 saturated heterocycles. The standard InChI is InChI=1S/C12H28N2O/c1-11(2)13-8-10-15-9-6-7-14-12(3,4)5/h11,13-14H,6-10H2,1-5H3. The van der Waals surface area contributed by atoms with Crippen LogP contribution in [0.2, 0.25) is 0 Å². The molecular formula is C12H28N2O. The molecule has 0 rings (SSSR count). The Kier molecular flexibility index (Phi) is 8.02. The third-order valence-electron chi connectivity index (χ3n) is 1.92. The molecular weight excluding hydrogens is 188 g/mol. The fourth-order valence-corrected chi connectivity index (χ4v) is 1.16. The van der Waals surface area contributed by atoms with Crippen LogP contribution in [-0.2, 0) is 4.74 Å². The second-order valence-corrected chi connectivity index (χ2v) is 5.25. The van der Waals surface area contributed by atoms with E-state index in [1.807, 2.05) is 0 Å². The van der Waals surface area contributed by atoms with Crippen molar-refractivity contribution in [1.82, 2.24) is 10.6 Å². The molecule has 0 bridgehead atoms. The Morgan fingerprint density at radius 3 is 2.27 bits per heavy atom. The average molecular weight is 216 g/mol. The van der Waals surface area contributed by atoms with Gasteiger partial charge in [-0.2, -0.15) is 0 Å². The fraction of sp³-hybridized carbons (Fsp3) is 1.00. The molecule has 0 amide bonds. The number of hydrogen-bond donors (Lipinski definition) is 2. The van der Waals surface area contributed by atoms with Gasteiger partial charge in [-0.3, -0.25) is 0 Å². The van der Waals surface area contributed by atoms with Crippen molar-refractivity contribution in [3.8, 4) is 0 Å². The van der Waals surface area contributed by atoms with E-state index in [4.69, 9.17) is 4.74 Å². The summed E-state index contributed by atoms with van der Waals surface area (Å²) in [6.45, 7) is 14.5. The van der Waals surface area contributed by atoms with Gasteiger partial charge in [-0.05, 0) is 33.7 Å². The molecule has 0 aliphatic carbocycles. The third-order valence-corrected chi connectivity index (χ3v) is 1.92. The Hall–Kier alpha value is -0.120. The molecule has 0 saturated carbocycles. The van der Waals surface area contributed by atoms with Gasteiger partial charge in [-0.25, -0.2) is 0 Å². The zero-order valence-corrected chi connectivity index (χ0v) is 11.0. The highest BCUT2D eigenvalue weighted by molar-refractivity contribution is 4.69. The second-order valence-electron chi connectivity index (χ2n) is 5.25. The lowest BCUT2D eigenvalue weighted by Crippen LogP contribution is -2.36. The van der Waals surface area contributed by atoms with Crippen LogP contribution in [-0.4, -0.2) is 37.9 Å². The van der Waals surface area contributed by atoms with Crippen LogP contribution in [0, 0.1) is 0 Å². The number of rotatable bonds is 8. The summed E-state index contributed by atoms with van der Waals surface area (Å²) >= 11 is 0. The average Bonchev–Trinajstić information content (AvgIpc) is 2.07. The minimum Gasteiger partial charge on any atom is -0.380 e. The Morgan fingerprint density at radius 2 is 1.73 bits per heavy atom. The zero-order valence-electron chi connectivity index (χ0n) is 11.0. The molecule has 0 fully saturated rings. The van der Waals surface area contributed by atoms with Gasteiger partial charge < -0.3 is 15.4 Å². The Balaban J connectivity index is 3.06. The topological polar surface area (TPSA) is 33.3 Å². The Labute approximate surface area is 95.0 Å². The minimum absolute atomic E-state index is 0.221. The molecule has 92 valence electrons. The van der Waals surface area contributed by atoms with Crippen LogP contribution in [0.25, 0.3) is 0 Å². The predicted octanol–water partition coefficient (Wildman–Crippen LogP) is 1.78. The first kappa shape index (κ1) is 14.9. The molecule has 0 aliphatic heterocycles. The Morgan fingerprint density at radius 1 is 1.07 bits per heavy atom. The third kappa shape index (κ3) is 13.9. The number of nitrogens with one attached hydrogen (secondary N) is 2. The van der Waals surface area contributed by atoms with E-state index >= 15 is 0 Å². The van der Waals surface area contributed by atoms with Crippen molar-refractivity contribution < 1.29 is 4.74 Å². The van der Waals surface area contributed by atoms with Gasteiger partial charge in [0.1, 0.15) is 0 Å². The summed E-state index contributed by atoms with van der Waals surface area (Å²) in [4.78, 5) is 0. The van der Waals surface area contributed by atoms with Gasteiger partial charge in [0.15, 0.2) is 0 Å². The van der Waals surface area contributed by atoms with E-state index in [9.17, 15) is 0 Å². The van der Waals surface area contributed by atoms with Crippen molar-refractivity contribution in [1.29, 1.82) is 0 Å². The summed E-state index contributed by atoms with van der Waals surface area (Å²) in [5.74, 6) is 0. The highest BCUT2D eigenvalue weighted by Gasteiger charge is 2.06. The van der Waals surface area contributed by atoms with Crippen LogP contribution in [0.3, 0.4) is 0 Å². The van der Waals surface area contributed by atoms with E-state index in [1.165, 1.54) is 0 Å². The maximum Gasteiger partial charge on any atom is 0.0591 e. The molecule has 0 aliphatic rings. The normalized spacial score (nSPS) is 12.4. The van der Waals surface area contributed by atoms with Crippen molar-refractivity contribution >= 4 is 0 Å². The smallest absolute Gasteiger partial charge is 0.0591 e. The SMILES string of the molecule is CC(C)NCCOCCCNC(C)(C)C. The molecule has 15 heavy (non-hydrogen) atoms. The van der Waals surface area contributed by atoms with Crippen molar-refractivity contribution in [2.75, 3.05) is 26.3 Å². The first-order valence-electron chi connectivity index (χ1n) is 5.98. The summed E-state index contributed by atoms with van der Waals surface area (Å²) in [7, 11) is 0. The quantitative estimate of drug-likeness (QED) is 0.607. The molecule has 3 nitrogen and oxygen atoms in total. The monoisotopic (exact) mass is 216 g/mol. The first-order valence-corrected chi connectivity index (χ1v) is 5.98. The molecule has 3 heteroatoms. The summed E-state index contributed by atoms with van der Waals surface area (Å²) in [5.41, 5.74) is 0.221. The van der Waals surface area contributed by atoms with Crippen molar-refractivity contribution in [2.24, 2.45) is 0 Å². The van der Waals surface area contributed by atoms with Gasteiger partial charge in [-0.15, -0.1) is 0 Å². The molecule has 0 aromatic heterocycles. The fourth-order valence-electron chi connectivity index (χ4n) is 1.16. The van der Waals surface area contributed by atoms with Crippen LogP contribution < -0.4 is 10.6 Å². The summed E-state index contributed by atoms with van der Waals surface area (Å²) < 4.78 is 5.50. The van der Waals surface area contributed by atoms with Crippen LogP contribution in [0.4, 0.5) is 0 Å². The van der Waals surface area contributed by atoms with Gasteiger partial charge in [0, 0.05) is 24.7 Å². The minimum atomic E-state index is 0.221. The largest absolute Gasteiger partial charge is 0.380 e. The van der Waals surface area contributed by atoms with Crippen LogP contribution >= 0.6 is 0 Å². The summed E-state index contributed by atoms with van der Waals surface area (Å²) in [5, 5.41) is 6.76. The highest BCUT2D eigenvalue weighted by atomic mass is 16.5. The molecule has 0 unspecified atom stereocenters. The first-order chi connectivity index (χ1) is 6.92. The molecule has 0 spiro atoms. The van der Waals surface area contributed by atoms with E-state index < -0.39 is 0 Å². The van der Waals surface area contributed by atoms with Crippen molar-refractivity contribution in [3.63, 3.8) is 0 Å². The van der Waals surface area contributed by atoms with Crippen LogP contribution in [0.15, 0.2) is 0 Å². The number of hydrogen-bond acceptors (Lipinski definition) is 3. The van der Waals surface area contributed by atoms with Gasteiger partial charge in [0.25, 0.3) is 0 Å². The van der Waals surface area contributed by atoms with Crippen LogP contribution in [0.1, 0.15) is 41.0 Å². The van der Waals surface area contributed by atoms with Crippen molar-refractivity contribution in [2.45, 2.75) is 52.6 Å². The zero-order chi connectivity index (χ0) is 11.7. The van der Waals surface area contributed by atoms with Crippen molar-refractivity contribution in [3.05, 3.63) is 0 Å². The molecule has 0 radical (unpaired) electrons. The molecule has 0 heterocycles. The Bertz CT molecular complexity index is 141. The molecule has 0 aromatic carbocycles. The van der Waals surface area contributed by atoms with Gasteiger partial charge >= 0.3 is 0 Å². The lowest BCUT2D eigenvalue weighted by atomic mass is 10.1. The van der Waals surface area contributed by atoms with E-state index in [-0.39, 0.29) is 5.54 Å². The molecule has 0 aromatic rings. The highest BCUT2D eigenvalue weighted by Crippen LogP contribution is 1.97. The van der Waals surface area contributed by atoms with Gasteiger partial charge in [-0.1, -0.05) is 13.8 Å². The lowest BCUT2D eigenvalue weighted by Gasteiger charge is -2.20. The molecule has 2 N–H and O–H groups in total. The summed E-state index contributed by atoms with van der Waals surface area (Å²) in [6, 6.07) is 0.552. The maximum atomic E-state index is 5.50. The van der Waals surface area contributed by atoms with Crippen LogP contribution in [0.5, 0.6) is 0 Å². The van der Waals surface area contributed by atoms with E-state index in [2.05, 4.69) is 45.3 Å². The lowest BCUT2D eigenvalue weighted by molar-refractivity contribution is 0.130. The van der Waals surface area contributed by atoms with Gasteiger partial charge in [0.05, 0.1) is 6.61 Å². The predicted molar refractivity (Wildman–Crippen MR) is 66.3 cm³/mol. The van der Waals surface area contributed by atoms with E-state index in [0.29, 0.717) is 6.04 Å².